The quantitative estimate of drug-likeness (QED) is 0.535. The third kappa shape index (κ3) is 5.79. The van der Waals surface area contributed by atoms with Crippen LogP contribution < -0.4 is 0 Å². The van der Waals surface area contributed by atoms with E-state index in [0.717, 1.165) is 6.54 Å². The zero-order chi connectivity index (χ0) is 7.98. The van der Waals surface area contributed by atoms with Crippen LogP contribution in [0.5, 0.6) is 0 Å². The molecule has 60 valence electrons. The van der Waals surface area contributed by atoms with E-state index in [2.05, 4.69) is 18.4 Å². The molecule has 10 heavy (non-hydrogen) atoms. The molecule has 0 aliphatic heterocycles. The van der Waals surface area contributed by atoms with E-state index in [-0.39, 0.29) is 0 Å². The Morgan fingerprint density at radius 1 is 1.60 bits per heavy atom. The van der Waals surface area contributed by atoms with Gasteiger partial charge in [0.25, 0.3) is 0 Å². The van der Waals surface area contributed by atoms with Gasteiger partial charge in [0.1, 0.15) is 0 Å². The van der Waals surface area contributed by atoms with Gasteiger partial charge >= 0.3 is 0 Å². The van der Waals surface area contributed by atoms with Crippen molar-refractivity contribution >= 4 is 0 Å². The van der Waals surface area contributed by atoms with Gasteiger partial charge in [0, 0.05) is 6.54 Å². The standard InChI is InChI=1S/C8H17NO/c1-5-6-10-8(2)7-9(3)4/h5,8H,1,6-7H2,2-4H3. The number of ether oxygens (including phenoxy) is 1. The number of likely N-dealkylation sites (N-methyl/N-ethyl adjacent to an activating group) is 1. The molecule has 0 radical (unpaired) electrons. The largest absolute Gasteiger partial charge is 0.373 e. The molecule has 0 aliphatic rings. The van der Waals surface area contributed by atoms with Crippen LogP contribution in [0.1, 0.15) is 6.92 Å². The van der Waals surface area contributed by atoms with Crippen LogP contribution in [0.4, 0.5) is 0 Å². The maximum absolute atomic E-state index is 5.34. The van der Waals surface area contributed by atoms with Gasteiger partial charge in [-0.15, -0.1) is 6.58 Å². The third-order valence-corrected chi connectivity index (χ3v) is 1.12. The lowest BCUT2D eigenvalue weighted by molar-refractivity contribution is 0.0676. The molecule has 0 aromatic carbocycles. The maximum Gasteiger partial charge on any atom is 0.0677 e. The van der Waals surface area contributed by atoms with E-state index in [1.165, 1.54) is 0 Å². The molecule has 1 atom stereocenters. The van der Waals surface area contributed by atoms with Crippen molar-refractivity contribution in [1.29, 1.82) is 0 Å². The molecule has 0 N–H and O–H groups in total. The minimum Gasteiger partial charge on any atom is -0.373 e. The molecular formula is C8H17NO. The molecule has 0 aromatic heterocycles. The molecule has 0 fully saturated rings. The fourth-order valence-corrected chi connectivity index (χ4v) is 0.799. The van der Waals surface area contributed by atoms with Crippen molar-refractivity contribution in [1.82, 2.24) is 4.90 Å². The van der Waals surface area contributed by atoms with Crippen LogP contribution in [-0.2, 0) is 4.74 Å². The summed E-state index contributed by atoms with van der Waals surface area (Å²) in [7, 11) is 4.07. The first kappa shape index (κ1) is 9.66. The lowest BCUT2D eigenvalue weighted by atomic mass is 10.4. The van der Waals surface area contributed by atoms with Gasteiger partial charge in [-0.05, 0) is 21.0 Å². The van der Waals surface area contributed by atoms with Crippen LogP contribution in [-0.4, -0.2) is 38.3 Å². The average Bonchev–Trinajstić information content (AvgIpc) is 1.82. The molecule has 2 nitrogen and oxygen atoms in total. The van der Waals surface area contributed by atoms with Crippen LogP contribution in [0.15, 0.2) is 12.7 Å². The van der Waals surface area contributed by atoms with Crippen LogP contribution in [0.25, 0.3) is 0 Å². The van der Waals surface area contributed by atoms with Crippen LogP contribution in [0.3, 0.4) is 0 Å². The minimum absolute atomic E-state index is 0.299. The van der Waals surface area contributed by atoms with Crippen molar-refractivity contribution in [3.05, 3.63) is 12.7 Å². The number of hydrogen-bond acceptors (Lipinski definition) is 2. The number of hydrogen-bond donors (Lipinski definition) is 0. The minimum atomic E-state index is 0.299. The first-order valence-electron chi connectivity index (χ1n) is 3.54. The van der Waals surface area contributed by atoms with Gasteiger partial charge < -0.3 is 9.64 Å². The molecule has 1 unspecified atom stereocenters. The van der Waals surface area contributed by atoms with Crippen molar-refractivity contribution in [2.45, 2.75) is 13.0 Å². The molecule has 0 amide bonds. The zero-order valence-corrected chi connectivity index (χ0v) is 7.13. The zero-order valence-electron chi connectivity index (χ0n) is 7.13. The summed E-state index contributed by atoms with van der Waals surface area (Å²) >= 11 is 0. The maximum atomic E-state index is 5.34. The Bertz CT molecular complexity index is 91.3. The highest BCUT2D eigenvalue weighted by Gasteiger charge is 2.00. The van der Waals surface area contributed by atoms with Crippen molar-refractivity contribution in [3.63, 3.8) is 0 Å². The third-order valence-electron chi connectivity index (χ3n) is 1.12. The summed E-state index contributed by atoms with van der Waals surface area (Å²) in [5.74, 6) is 0. The summed E-state index contributed by atoms with van der Waals surface area (Å²) in [4.78, 5) is 2.10. The summed E-state index contributed by atoms with van der Waals surface area (Å²) in [6.45, 7) is 7.25. The highest BCUT2D eigenvalue weighted by Crippen LogP contribution is 1.91. The predicted molar refractivity (Wildman–Crippen MR) is 44.2 cm³/mol. The Labute approximate surface area is 63.5 Å². The van der Waals surface area contributed by atoms with Crippen molar-refractivity contribution in [2.75, 3.05) is 27.2 Å². The van der Waals surface area contributed by atoms with Gasteiger partial charge in [-0.25, -0.2) is 0 Å². The first-order valence-corrected chi connectivity index (χ1v) is 3.54. The molecule has 0 saturated carbocycles. The Morgan fingerprint density at radius 2 is 2.20 bits per heavy atom. The van der Waals surface area contributed by atoms with Crippen LogP contribution in [0.2, 0.25) is 0 Å². The topological polar surface area (TPSA) is 12.5 Å². The molecule has 0 bridgehead atoms. The van der Waals surface area contributed by atoms with E-state index >= 15 is 0 Å². The molecule has 0 saturated heterocycles. The lowest BCUT2D eigenvalue weighted by Crippen LogP contribution is -2.25. The van der Waals surface area contributed by atoms with Crippen molar-refractivity contribution < 1.29 is 4.74 Å². The molecular weight excluding hydrogens is 126 g/mol. The Balaban J connectivity index is 3.24. The van der Waals surface area contributed by atoms with Crippen molar-refractivity contribution in [3.8, 4) is 0 Å². The van der Waals surface area contributed by atoms with Crippen LogP contribution >= 0.6 is 0 Å². The second kappa shape index (κ2) is 5.45. The van der Waals surface area contributed by atoms with Gasteiger partial charge in [-0.2, -0.15) is 0 Å². The molecule has 0 aromatic rings. The van der Waals surface area contributed by atoms with E-state index in [9.17, 15) is 0 Å². The van der Waals surface area contributed by atoms with Crippen molar-refractivity contribution in [2.24, 2.45) is 0 Å². The fraction of sp³-hybridized carbons (Fsp3) is 0.750. The predicted octanol–water partition coefficient (Wildman–Crippen LogP) is 1.14. The number of rotatable bonds is 5. The monoisotopic (exact) mass is 143 g/mol. The highest BCUT2D eigenvalue weighted by atomic mass is 16.5. The van der Waals surface area contributed by atoms with Crippen LogP contribution in [0, 0.1) is 0 Å². The van der Waals surface area contributed by atoms with E-state index in [4.69, 9.17) is 4.74 Å². The van der Waals surface area contributed by atoms with E-state index in [1.807, 2.05) is 14.1 Å². The van der Waals surface area contributed by atoms with E-state index < -0.39 is 0 Å². The SMILES string of the molecule is C=CCOC(C)CN(C)C. The average molecular weight is 143 g/mol. The second-order valence-electron chi connectivity index (χ2n) is 2.69. The highest BCUT2D eigenvalue weighted by molar-refractivity contribution is 4.66. The summed E-state index contributed by atoms with van der Waals surface area (Å²) < 4.78 is 5.34. The fourth-order valence-electron chi connectivity index (χ4n) is 0.799. The second-order valence-corrected chi connectivity index (χ2v) is 2.69. The summed E-state index contributed by atoms with van der Waals surface area (Å²) in [5, 5.41) is 0. The lowest BCUT2D eigenvalue weighted by Gasteiger charge is -2.16. The Kier molecular flexibility index (Phi) is 5.26. The summed E-state index contributed by atoms with van der Waals surface area (Å²) in [5.41, 5.74) is 0. The smallest absolute Gasteiger partial charge is 0.0677 e. The van der Waals surface area contributed by atoms with Gasteiger partial charge in [-0.1, -0.05) is 6.08 Å². The normalized spacial score (nSPS) is 13.6. The molecule has 0 rings (SSSR count). The summed E-state index contributed by atoms with van der Waals surface area (Å²) in [6.07, 6.45) is 2.07. The first-order chi connectivity index (χ1) is 4.66. The van der Waals surface area contributed by atoms with E-state index in [0.29, 0.717) is 12.7 Å². The Hall–Kier alpha value is -0.340. The van der Waals surface area contributed by atoms with Gasteiger partial charge in [-0.3, -0.25) is 0 Å². The molecule has 2 heteroatoms. The molecule has 0 spiro atoms. The Morgan fingerprint density at radius 3 is 2.60 bits per heavy atom. The summed E-state index contributed by atoms with van der Waals surface area (Å²) in [6, 6.07) is 0. The van der Waals surface area contributed by atoms with Gasteiger partial charge in [0.05, 0.1) is 12.7 Å². The molecule has 0 heterocycles. The molecule has 0 aliphatic carbocycles. The van der Waals surface area contributed by atoms with Gasteiger partial charge in [0.2, 0.25) is 0 Å². The number of nitrogens with zero attached hydrogens (tertiary/aromatic N) is 1. The van der Waals surface area contributed by atoms with E-state index in [1.54, 1.807) is 6.08 Å². The van der Waals surface area contributed by atoms with Gasteiger partial charge in [0.15, 0.2) is 0 Å².